The molecule has 0 N–H and O–H groups in total. The number of methoxy groups -OCH3 is 1. The summed E-state index contributed by atoms with van der Waals surface area (Å²) in [6.45, 7) is 7.64. The summed E-state index contributed by atoms with van der Waals surface area (Å²) in [5, 5.41) is 0.673. The van der Waals surface area contributed by atoms with Gasteiger partial charge in [-0.05, 0) is 74.5 Å². The van der Waals surface area contributed by atoms with E-state index < -0.39 is 0 Å². The zero-order valence-corrected chi connectivity index (χ0v) is 19.2. The molecule has 0 radical (unpaired) electrons. The lowest BCUT2D eigenvalue weighted by molar-refractivity contribution is -0.122. The van der Waals surface area contributed by atoms with Crippen LogP contribution in [0.4, 0.5) is 5.69 Å². The first-order valence-electron chi connectivity index (χ1n) is 10.4. The van der Waals surface area contributed by atoms with Crippen LogP contribution in [0.5, 0.6) is 17.2 Å². The molecule has 2 aromatic carbocycles. The van der Waals surface area contributed by atoms with Crippen LogP contribution < -0.4 is 14.2 Å². The molecule has 1 aliphatic heterocycles. The van der Waals surface area contributed by atoms with E-state index in [-0.39, 0.29) is 5.91 Å². The Morgan fingerprint density at radius 2 is 1.71 bits per heavy atom. The molecule has 3 rings (SSSR count). The molecule has 2 aromatic rings. The Labute approximate surface area is 187 Å². The van der Waals surface area contributed by atoms with E-state index >= 15 is 0 Å². The molecule has 0 bridgehead atoms. The van der Waals surface area contributed by atoms with Gasteiger partial charge in [0.2, 0.25) is 0 Å². The highest BCUT2D eigenvalue weighted by atomic mass is 32.2. The van der Waals surface area contributed by atoms with Gasteiger partial charge in [-0.1, -0.05) is 6.92 Å². The van der Waals surface area contributed by atoms with Gasteiger partial charge in [0.25, 0.3) is 5.91 Å². The van der Waals surface area contributed by atoms with Gasteiger partial charge in [0.05, 0.1) is 30.9 Å². The van der Waals surface area contributed by atoms with Gasteiger partial charge < -0.3 is 14.2 Å². The van der Waals surface area contributed by atoms with Gasteiger partial charge in [0, 0.05) is 18.2 Å². The molecule has 31 heavy (non-hydrogen) atoms. The van der Waals surface area contributed by atoms with Crippen LogP contribution in [-0.2, 0) is 4.79 Å². The van der Waals surface area contributed by atoms with Crippen molar-refractivity contribution in [2.45, 2.75) is 27.2 Å². The van der Waals surface area contributed by atoms with Gasteiger partial charge >= 0.3 is 0 Å². The summed E-state index contributed by atoms with van der Waals surface area (Å²) in [7, 11) is 1.63. The molecule has 0 aliphatic carbocycles. The number of amidine groups is 1. The lowest BCUT2D eigenvalue weighted by Crippen LogP contribution is -2.29. The van der Waals surface area contributed by atoms with Crippen LogP contribution in [0.2, 0.25) is 0 Å². The maximum absolute atomic E-state index is 13.1. The van der Waals surface area contributed by atoms with Crippen molar-refractivity contribution in [1.29, 1.82) is 0 Å². The van der Waals surface area contributed by atoms with Crippen molar-refractivity contribution in [3.05, 3.63) is 52.9 Å². The first-order valence-corrected chi connectivity index (χ1v) is 11.2. The van der Waals surface area contributed by atoms with Crippen LogP contribution in [0.1, 0.15) is 32.8 Å². The second-order valence-electron chi connectivity index (χ2n) is 6.73. The van der Waals surface area contributed by atoms with Gasteiger partial charge in [0.15, 0.2) is 5.17 Å². The van der Waals surface area contributed by atoms with E-state index in [2.05, 4.69) is 0 Å². The molecule has 1 amide bonds. The van der Waals surface area contributed by atoms with E-state index in [1.165, 1.54) is 11.8 Å². The number of carbonyl (C=O) groups excluding carboxylic acids is 1. The number of hydrogen-bond donors (Lipinski definition) is 0. The molecule has 0 spiro atoms. The predicted molar refractivity (Wildman–Crippen MR) is 126 cm³/mol. The number of rotatable bonds is 9. The summed E-state index contributed by atoms with van der Waals surface area (Å²) in [6, 6.07) is 13.1. The van der Waals surface area contributed by atoms with Crippen LogP contribution in [0.15, 0.2) is 52.4 Å². The number of nitrogens with zero attached hydrogens (tertiary/aromatic N) is 2. The van der Waals surface area contributed by atoms with Crippen LogP contribution in [0.25, 0.3) is 6.08 Å². The van der Waals surface area contributed by atoms with Crippen LogP contribution in [0, 0.1) is 0 Å². The van der Waals surface area contributed by atoms with E-state index in [0.29, 0.717) is 35.6 Å². The Hall–Kier alpha value is -2.93. The molecular weight excluding hydrogens is 412 g/mol. The van der Waals surface area contributed by atoms with E-state index in [4.69, 9.17) is 19.2 Å². The molecule has 0 atom stereocenters. The molecule has 6 nitrogen and oxygen atoms in total. The van der Waals surface area contributed by atoms with Gasteiger partial charge in [-0.3, -0.25) is 9.69 Å². The quantitative estimate of drug-likeness (QED) is 0.482. The van der Waals surface area contributed by atoms with E-state index in [1.54, 1.807) is 12.0 Å². The Bertz CT molecular complexity index is 970. The number of benzene rings is 2. The summed E-state index contributed by atoms with van der Waals surface area (Å²) in [5.74, 6) is 2.16. The molecule has 0 unspecified atom stereocenters. The van der Waals surface area contributed by atoms with E-state index in [9.17, 15) is 4.79 Å². The summed E-state index contributed by atoms with van der Waals surface area (Å²) in [5.41, 5.74) is 1.61. The largest absolute Gasteiger partial charge is 0.497 e. The second-order valence-corrected chi connectivity index (χ2v) is 7.73. The number of carbonyl (C=O) groups is 1. The Balaban J connectivity index is 1.93. The van der Waals surface area contributed by atoms with Crippen molar-refractivity contribution in [1.82, 2.24) is 4.90 Å². The normalized spacial score (nSPS) is 16.3. The fraction of sp³-hybridized carbons (Fsp3) is 0.333. The Morgan fingerprint density at radius 3 is 2.35 bits per heavy atom. The first kappa shape index (κ1) is 22.7. The lowest BCUT2D eigenvalue weighted by Gasteiger charge is -2.14. The highest BCUT2D eigenvalue weighted by Gasteiger charge is 2.33. The molecule has 0 aromatic heterocycles. The molecule has 1 heterocycles. The minimum atomic E-state index is -0.0459. The summed E-state index contributed by atoms with van der Waals surface area (Å²) < 4.78 is 16.6. The lowest BCUT2D eigenvalue weighted by atomic mass is 10.1. The maximum Gasteiger partial charge on any atom is 0.266 e. The summed E-state index contributed by atoms with van der Waals surface area (Å²) in [4.78, 5) is 20.2. The fourth-order valence-electron chi connectivity index (χ4n) is 3.09. The minimum absolute atomic E-state index is 0.0459. The molecule has 1 saturated heterocycles. The predicted octanol–water partition coefficient (Wildman–Crippen LogP) is 5.51. The number of ether oxygens (including phenoxy) is 3. The Kier molecular flexibility index (Phi) is 8.00. The monoisotopic (exact) mass is 440 g/mol. The van der Waals surface area contributed by atoms with Crippen LogP contribution >= 0.6 is 11.8 Å². The van der Waals surface area contributed by atoms with Gasteiger partial charge in [-0.15, -0.1) is 0 Å². The van der Waals surface area contributed by atoms with Gasteiger partial charge in [-0.2, -0.15) is 0 Å². The average molecular weight is 441 g/mol. The minimum Gasteiger partial charge on any atom is -0.497 e. The van der Waals surface area contributed by atoms with Crippen LogP contribution in [0.3, 0.4) is 0 Å². The number of amides is 1. The highest BCUT2D eigenvalue weighted by Crippen LogP contribution is 2.36. The van der Waals surface area contributed by atoms with E-state index in [1.807, 2.05) is 69.3 Å². The SMILES string of the molecule is CCCN1C(=O)/C(=C/c2ccc(OCC)cc2OCC)SC1=Nc1ccc(OC)cc1. The van der Waals surface area contributed by atoms with Crippen molar-refractivity contribution < 1.29 is 19.0 Å². The summed E-state index contributed by atoms with van der Waals surface area (Å²) >= 11 is 1.38. The average Bonchev–Trinajstić information content (AvgIpc) is 3.05. The van der Waals surface area contributed by atoms with Crippen molar-refractivity contribution in [2.75, 3.05) is 26.9 Å². The zero-order chi connectivity index (χ0) is 22.2. The third-order valence-electron chi connectivity index (χ3n) is 4.51. The number of thioether (sulfide) groups is 1. The third kappa shape index (κ3) is 5.61. The zero-order valence-electron chi connectivity index (χ0n) is 18.4. The fourth-order valence-corrected chi connectivity index (χ4v) is 4.11. The van der Waals surface area contributed by atoms with Gasteiger partial charge in [0.1, 0.15) is 17.2 Å². The number of hydrogen-bond acceptors (Lipinski definition) is 6. The second kappa shape index (κ2) is 10.9. The smallest absolute Gasteiger partial charge is 0.266 e. The van der Waals surface area contributed by atoms with Crippen molar-refractivity contribution in [3.8, 4) is 17.2 Å². The molecule has 164 valence electrons. The third-order valence-corrected chi connectivity index (χ3v) is 5.52. The van der Waals surface area contributed by atoms with E-state index in [0.717, 1.165) is 29.2 Å². The Morgan fingerprint density at radius 1 is 1.00 bits per heavy atom. The highest BCUT2D eigenvalue weighted by molar-refractivity contribution is 8.18. The standard InChI is InChI=1S/C24H28N2O4S/c1-5-14-26-23(27)22(31-24(26)25-18-9-12-19(28-4)13-10-18)15-17-8-11-20(29-6-2)16-21(17)30-7-3/h8-13,15-16H,5-7,14H2,1-4H3/b22-15-,25-24?. The molecule has 1 aliphatic rings. The van der Waals surface area contributed by atoms with Crippen molar-refractivity contribution >= 4 is 34.6 Å². The van der Waals surface area contributed by atoms with Crippen molar-refractivity contribution in [3.63, 3.8) is 0 Å². The molecular formula is C24H28N2O4S. The summed E-state index contributed by atoms with van der Waals surface area (Å²) in [6.07, 6.45) is 2.71. The number of aliphatic imine (C=N–C) groups is 1. The molecule has 0 saturated carbocycles. The topological polar surface area (TPSA) is 60.4 Å². The molecule has 7 heteroatoms. The van der Waals surface area contributed by atoms with Crippen LogP contribution in [-0.4, -0.2) is 42.8 Å². The van der Waals surface area contributed by atoms with Gasteiger partial charge in [-0.25, -0.2) is 4.99 Å². The first-order chi connectivity index (χ1) is 15.1. The maximum atomic E-state index is 13.1. The van der Waals surface area contributed by atoms with Crippen molar-refractivity contribution in [2.24, 2.45) is 4.99 Å². The molecule has 1 fully saturated rings.